The van der Waals surface area contributed by atoms with Gasteiger partial charge in [-0.05, 0) is 38.8 Å². The van der Waals surface area contributed by atoms with Gasteiger partial charge in [0.2, 0.25) is 6.79 Å². The van der Waals surface area contributed by atoms with Crippen molar-refractivity contribution < 1.29 is 9.47 Å². The lowest BCUT2D eigenvalue weighted by Crippen LogP contribution is -2.28. The van der Waals surface area contributed by atoms with Crippen LogP contribution in [0.4, 0.5) is 0 Å². The molecule has 0 saturated carbocycles. The Kier molecular flexibility index (Phi) is 3.86. The third-order valence-electron chi connectivity index (χ3n) is 2.82. The molecule has 4 nitrogen and oxygen atoms in total. The molecule has 0 bridgehead atoms. The summed E-state index contributed by atoms with van der Waals surface area (Å²) in [6.45, 7) is 3.40. The van der Waals surface area contributed by atoms with Crippen molar-refractivity contribution in [2.75, 3.05) is 41.0 Å². The Morgan fingerprint density at radius 3 is 2.59 bits per heavy atom. The molecular weight excluding hydrogens is 216 g/mol. The molecule has 94 valence electrons. The highest BCUT2D eigenvalue weighted by Gasteiger charge is 2.13. The van der Waals surface area contributed by atoms with Crippen LogP contribution in [0.15, 0.2) is 18.2 Å². The van der Waals surface area contributed by atoms with Crippen molar-refractivity contribution in [3.63, 3.8) is 0 Å². The quantitative estimate of drug-likeness (QED) is 0.771. The predicted octanol–water partition coefficient (Wildman–Crippen LogP) is 1.41. The van der Waals surface area contributed by atoms with Gasteiger partial charge < -0.3 is 19.3 Å². The summed E-state index contributed by atoms with van der Waals surface area (Å²) in [5.41, 5.74) is 1.26. The number of rotatable bonds is 5. The number of hydrogen-bond donors (Lipinski definition) is 0. The van der Waals surface area contributed by atoms with Gasteiger partial charge in [0.1, 0.15) is 0 Å². The summed E-state index contributed by atoms with van der Waals surface area (Å²) in [5, 5.41) is 0. The van der Waals surface area contributed by atoms with Crippen LogP contribution >= 0.6 is 0 Å². The topological polar surface area (TPSA) is 24.9 Å². The van der Waals surface area contributed by atoms with Gasteiger partial charge in [-0.1, -0.05) is 6.07 Å². The first-order valence-corrected chi connectivity index (χ1v) is 5.87. The van der Waals surface area contributed by atoms with Crippen molar-refractivity contribution >= 4 is 0 Å². The maximum Gasteiger partial charge on any atom is 0.231 e. The summed E-state index contributed by atoms with van der Waals surface area (Å²) in [4.78, 5) is 4.49. The second kappa shape index (κ2) is 5.38. The van der Waals surface area contributed by atoms with Crippen LogP contribution in [-0.4, -0.2) is 50.8 Å². The molecule has 0 aliphatic carbocycles. The highest BCUT2D eigenvalue weighted by molar-refractivity contribution is 5.44. The lowest BCUT2D eigenvalue weighted by molar-refractivity contribution is 0.174. The van der Waals surface area contributed by atoms with Crippen molar-refractivity contribution in [1.82, 2.24) is 9.80 Å². The predicted molar refractivity (Wildman–Crippen MR) is 67.5 cm³/mol. The Morgan fingerprint density at radius 1 is 1.06 bits per heavy atom. The molecule has 0 fully saturated rings. The van der Waals surface area contributed by atoms with E-state index in [9.17, 15) is 0 Å². The van der Waals surface area contributed by atoms with Gasteiger partial charge in [-0.15, -0.1) is 0 Å². The van der Waals surface area contributed by atoms with Crippen molar-refractivity contribution in [2.45, 2.75) is 6.54 Å². The van der Waals surface area contributed by atoms with E-state index in [0.717, 1.165) is 31.1 Å². The van der Waals surface area contributed by atoms with E-state index in [-0.39, 0.29) is 0 Å². The van der Waals surface area contributed by atoms with Gasteiger partial charge in [0.05, 0.1) is 0 Å². The molecule has 1 heterocycles. The first-order valence-electron chi connectivity index (χ1n) is 5.87. The molecular formula is C13H20N2O2. The molecule has 1 aromatic rings. The molecule has 0 amide bonds. The highest BCUT2D eigenvalue weighted by atomic mass is 16.7. The number of hydrogen-bond acceptors (Lipinski definition) is 4. The number of fused-ring (bicyclic) bond motifs is 1. The molecule has 0 unspecified atom stereocenters. The van der Waals surface area contributed by atoms with Crippen LogP contribution in [0.2, 0.25) is 0 Å². The van der Waals surface area contributed by atoms with Crippen LogP contribution in [-0.2, 0) is 6.54 Å². The summed E-state index contributed by atoms with van der Waals surface area (Å²) in [7, 11) is 6.32. The third-order valence-corrected chi connectivity index (χ3v) is 2.82. The summed E-state index contributed by atoms with van der Waals surface area (Å²) < 4.78 is 10.7. The van der Waals surface area contributed by atoms with Crippen molar-refractivity contribution in [1.29, 1.82) is 0 Å². The number of nitrogens with zero attached hydrogens (tertiary/aromatic N) is 2. The first-order chi connectivity index (χ1) is 8.15. The van der Waals surface area contributed by atoms with Gasteiger partial charge >= 0.3 is 0 Å². The minimum Gasteiger partial charge on any atom is -0.454 e. The average molecular weight is 236 g/mol. The first kappa shape index (κ1) is 12.2. The lowest BCUT2D eigenvalue weighted by Gasteiger charge is -2.19. The molecule has 0 N–H and O–H groups in total. The van der Waals surface area contributed by atoms with Crippen LogP contribution in [0, 0.1) is 0 Å². The highest BCUT2D eigenvalue weighted by Crippen LogP contribution is 2.32. The summed E-state index contributed by atoms with van der Waals surface area (Å²) in [5.74, 6) is 1.72. The monoisotopic (exact) mass is 236 g/mol. The van der Waals surface area contributed by atoms with Crippen LogP contribution in [0.5, 0.6) is 11.5 Å². The SMILES string of the molecule is CN(C)CCN(C)Cc1ccc2c(c1)OCO2. The molecule has 1 aliphatic heterocycles. The molecule has 0 radical (unpaired) electrons. The van der Waals surface area contributed by atoms with E-state index in [4.69, 9.17) is 9.47 Å². The normalized spacial score (nSPS) is 13.7. The fraction of sp³-hybridized carbons (Fsp3) is 0.538. The van der Waals surface area contributed by atoms with Gasteiger partial charge in [0.15, 0.2) is 11.5 Å². The second-order valence-electron chi connectivity index (χ2n) is 4.73. The van der Waals surface area contributed by atoms with Gasteiger partial charge in [-0.25, -0.2) is 0 Å². The maximum atomic E-state index is 5.37. The maximum absolute atomic E-state index is 5.37. The Hall–Kier alpha value is -1.26. The number of ether oxygens (including phenoxy) is 2. The van der Waals surface area contributed by atoms with E-state index in [1.54, 1.807) is 0 Å². The van der Waals surface area contributed by atoms with Gasteiger partial charge in [-0.3, -0.25) is 0 Å². The summed E-state index contributed by atoms with van der Waals surface area (Å²) in [6, 6.07) is 6.14. The fourth-order valence-electron chi connectivity index (χ4n) is 1.80. The molecule has 0 spiro atoms. The fourth-order valence-corrected chi connectivity index (χ4v) is 1.80. The van der Waals surface area contributed by atoms with Crippen LogP contribution in [0.3, 0.4) is 0 Å². The zero-order chi connectivity index (χ0) is 12.3. The summed E-state index contributed by atoms with van der Waals surface area (Å²) >= 11 is 0. The Bertz CT molecular complexity index is 380. The minimum absolute atomic E-state index is 0.343. The Labute approximate surface area is 103 Å². The third kappa shape index (κ3) is 3.35. The van der Waals surface area contributed by atoms with Gasteiger partial charge in [0.25, 0.3) is 0 Å². The molecule has 0 aromatic heterocycles. The van der Waals surface area contributed by atoms with Crippen molar-refractivity contribution in [2.24, 2.45) is 0 Å². The molecule has 1 aliphatic rings. The van der Waals surface area contributed by atoms with E-state index in [1.165, 1.54) is 5.56 Å². The standard InChI is InChI=1S/C13H20N2O2/c1-14(2)6-7-15(3)9-11-4-5-12-13(8-11)17-10-16-12/h4-5,8H,6-7,9-10H2,1-3H3. The molecule has 1 aromatic carbocycles. The lowest BCUT2D eigenvalue weighted by atomic mass is 10.2. The number of likely N-dealkylation sites (N-methyl/N-ethyl adjacent to an activating group) is 2. The van der Waals surface area contributed by atoms with E-state index in [1.807, 2.05) is 6.07 Å². The van der Waals surface area contributed by atoms with Crippen molar-refractivity contribution in [3.8, 4) is 11.5 Å². The van der Waals surface area contributed by atoms with E-state index >= 15 is 0 Å². The molecule has 17 heavy (non-hydrogen) atoms. The minimum atomic E-state index is 0.343. The van der Waals surface area contributed by atoms with Gasteiger partial charge in [0, 0.05) is 19.6 Å². The number of benzene rings is 1. The molecule has 0 saturated heterocycles. The smallest absolute Gasteiger partial charge is 0.231 e. The Balaban J connectivity index is 1.90. The largest absolute Gasteiger partial charge is 0.454 e. The summed E-state index contributed by atoms with van der Waals surface area (Å²) in [6.07, 6.45) is 0. The van der Waals surface area contributed by atoms with Gasteiger partial charge in [-0.2, -0.15) is 0 Å². The van der Waals surface area contributed by atoms with Crippen LogP contribution < -0.4 is 9.47 Å². The zero-order valence-corrected chi connectivity index (χ0v) is 10.8. The molecule has 2 rings (SSSR count). The van der Waals surface area contributed by atoms with E-state index in [0.29, 0.717) is 6.79 Å². The van der Waals surface area contributed by atoms with Crippen molar-refractivity contribution in [3.05, 3.63) is 23.8 Å². The van der Waals surface area contributed by atoms with Crippen LogP contribution in [0.25, 0.3) is 0 Å². The average Bonchev–Trinajstić information content (AvgIpc) is 2.73. The van der Waals surface area contributed by atoms with E-state index < -0.39 is 0 Å². The van der Waals surface area contributed by atoms with E-state index in [2.05, 4.69) is 43.1 Å². The second-order valence-corrected chi connectivity index (χ2v) is 4.73. The molecule has 4 heteroatoms. The Morgan fingerprint density at radius 2 is 1.82 bits per heavy atom. The molecule has 0 atom stereocenters. The zero-order valence-electron chi connectivity index (χ0n) is 10.8. The van der Waals surface area contributed by atoms with Crippen LogP contribution in [0.1, 0.15) is 5.56 Å².